The topological polar surface area (TPSA) is 128 Å². The van der Waals surface area contributed by atoms with E-state index in [1.54, 1.807) is 6.92 Å². The molecular weight excluding hydrogens is 266 g/mol. The van der Waals surface area contributed by atoms with Crippen LogP contribution in [0.15, 0.2) is 11.1 Å². The molecule has 110 valence electrons. The fraction of sp³-hybridized carbons (Fsp3) is 0.545. The van der Waals surface area contributed by atoms with Crippen LogP contribution >= 0.6 is 0 Å². The Hall–Kier alpha value is -1.97. The number of hydrogen-bond donors (Lipinski definition) is 3. The fourth-order valence-corrected chi connectivity index (χ4v) is 1.79. The number of nitrogens with two attached hydrogens (primary N) is 1. The average Bonchev–Trinajstić information content (AvgIpc) is 2.84. The summed E-state index contributed by atoms with van der Waals surface area (Å²) in [5.74, 6) is 0.104. The number of aliphatic hydroxyl groups is 2. The number of rotatable bonds is 6. The quantitative estimate of drug-likeness (QED) is 0.589. The van der Waals surface area contributed by atoms with Gasteiger partial charge in [0.2, 0.25) is 5.95 Å². The van der Waals surface area contributed by atoms with Crippen molar-refractivity contribution in [1.29, 1.82) is 0 Å². The molecule has 0 unspecified atom stereocenters. The maximum Gasteiger partial charge on any atom is 0.283 e. The first-order valence-corrected chi connectivity index (χ1v) is 6.16. The van der Waals surface area contributed by atoms with Crippen molar-refractivity contribution in [3.63, 3.8) is 0 Å². The lowest BCUT2D eigenvalue weighted by molar-refractivity contribution is -0.0488. The number of ether oxygens (including phenoxy) is 1. The van der Waals surface area contributed by atoms with Crippen LogP contribution in [0.4, 0.5) is 5.95 Å². The molecule has 20 heavy (non-hydrogen) atoms. The Kier molecular flexibility index (Phi) is 4.32. The Bertz CT molecular complexity index is 646. The van der Waals surface area contributed by atoms with Gasteiger partial charge in [-0.2, -0.15) is 4.98 Å². The van der Waals surface area contributed by atoms with Crippen LogP contribution in [0.5, 0.6) is 0 Å². The summed E-state index contributed by atoms with van der Waals surface area (Å²) in [6.07, 6.45) is 0.713. The molecule has 0 aromatic carbocycles. The van der Waals surface area contributed by atoms with Gasteiger partial charge in [0.25, 0.3) is 5.56 Å². The molecule has 0 saturated heterocycles. The summed E-state index contributed by atoms with van der Waals surface area (Å²) in [6.45, 7) is 1.60. The standard InChI is InChI=1S/C11H17N5O4/c1-2-16-10(19)8-9(14-11(16)12)15(5-13-8)6-20-7(3-17)4-18/h5,7,17-18H,2-4,6H2,1H3,(H2,12,14). The first-order valence-electron chi connectivity index (χ1n) is 6.16. The van der Waals surface area contributed by atoms with Crippen molar-refractivity contribution in [2.75, 3.05) is 18.9 Å². The second-order valence-electron chi connectivity index (χ2n) is 4.19. The summed E-state index contributed by atoms with van der Waals surface area (Å²) >= 11 is 0. The molecule has 2 aromatic rings. The minimum absolute atomic E-state index is 0.00427. The van der Waals surface area contributed by atoms with Gasteiger partial charge in [-0.15, -0.1) is 0 Å². The Morgan fingerprint density at radius 2 is 2.15 bits per heavy atom. The van der Waals surface area contributed by atoms with Gasteiger partial charge in [-0.3, -0.25) is 13.9 Å². The predicted octanol–water partition coefficient (Wildman–Crippen LogP) is -1.48. The number of imidazole rings is 1. The third kappa shape index (κ3) is 2.50. The molecule has 0 amide bonds. The first kappa shape index (κ1) is 14.4. The molecule has 0 fully saturated rings. The predicted molar refractivity (Wildman–Crippen MR) is 70.9 cm³/mol. The molecule has 2 aromatic heterocycles. The molecule has 0 aliphatic carbocycles. The van der Waals surface area contributed by atoms with Crippen molar-refractivity contribution in [3.8, 4) is 0 Å². The molecular formula is C11H17N5O4. The Morgan fingerprint density at radius 1 is 1.45 bits per heavy atom. The minimum atomic E-state index is -0.694. The monoisotopic (exact) mass is 283 g/mol. The van der Waals surface area contributed by atoms with Crippen molar-refractivity contribution in [2.24, 2.45) is 0 Å². The van der Waals surface area contributed by atoms with E-state index in [0.717, 1.165) is 0 Å². The van der Waals surface area contributed by atoms with Crippen LogP contribution in [0, 0.1) is 0 Å². The molecule has 0 aliphatic heterocycles. The molecule has 0 saturated carbocycles. The summed E-state index contributed by atoms with van der Waals surface area (Å²) in [7, 11) is 0. The van der Waals surface area contributed by atoms with E-state index >= 15 is 0 Å². The van der Waals surface area contributed by atoms with Crippen molar-refractivity contribution >= 4 is 17.1 Å². The van der Waals surface area contributed by atoms with Gasteiger partial charge >= 0.3 is 0 Å². The molecule has 0 aliphatic rings. The molecule has 4 N–H and O–H groups in total. The number of nitrogen functional groups attached to an aromatic ring is 1. The number of anilines is 1. The largest absolute Gasteiger partial charge is 0.394 e. The van der Waals surface area contributed by atoms with E-state index in [9.17, 15) is 4.79 Å². The van der Waals surface area contributed by atoms with Crippen LogP contribution < -0.4 is 11.3 Å². The highest BCUT2D eigenvalue weighted by Gasteiger charge is 2.14. The van der Waals surface area contributed by atoms with Crippen molar-refractivity contribution in [1.82, 2.24) is 19.1 Å². The van der Waals surface area contributed by atoms with Gasteiger partial charge < -0.3 is 20.7 Å². The van der Waals surface area contributed by atoms with Crippen LogP contribution in [0.3, 0.4) is 0 Å². The summed E-state index contributed by atoms with van der Waals surface area (Å²) < 4.78 is 8.08. The number of aromatic nitrogens is 4. The SMILES string of the molecule is CCn1c(N)nc2c(ncn2COC(CO)CO)c1=O. The van der Waals surface area contributed by atoms with E-state index in [0.29, 0.717) is 12.2 Å². The second-order valence-corrected chi connectivity index (χ2v) is 4.19. The Balaban J connectivity index is 2.35. The number of nitrogens with zero attached hydrogens (tertiary/aromatic N) is 4. The molecule has 9 nitrogen and oxygen atoms in total. The van der Waals surface area contributed by atoms with Crippen LogP contribution in [-0.2, 0) is 18.0 Å². The smallest absolute Gasteiger partial charge is 0.283 e. The summed E-state index contributed by atoms with van der Waals surface area (Å²) in [5, 5.41) is 17.9. The number of hydrogen-bond acceptors (Lipinski definition) is 7. The van der Waals surface area contributed by atoms with Crippen molar-refractivity contribution in [3.05, 3.63) is 16.7 Å². The summed E-state index contributed by atoms with van der Waals surface area (Å²) in [4.78, 5) is 20.2. The molecule has 9 heteroatoms. The second kappa shape index (κ2) is 5.99. The highest BCUT2D eigenvalue weighted by molar-refractivity contribution is 5.70. The van der Waals surface area contributed by atoms with E-state index in [4.69, 9.17) is 20.7 Å². The highest BCUT2D eigenvalue weighted by atomic mass is 16.5. The molecule has 0 radical (unpaired) electrons. The van der Waals surface area contributed by atoms with E-state index in [2.05, 4.69) is 9.97 Å². The van der Waals surface area contributed by atoms with Gasteiger partial charge in [0, 0.05) is 6.54 Å². The molecule has 0 spiro atoms. The van der Waals surface area contributed by atoms with Crippen molar-refractivity contribution in [2.45, 2.75) is 26.3 Å². The van der Waals surface area contributed by atoms with Gasteiger partial charge in [-0.05, 0) is 6.92 Å². The Labute approximate surface area is 114 Å². The number of aliphatic hydroxyl groups excluding tert-OH is 2. The van der Waals surface area contributed by atoms with Crippen LogP contribution in [0.25, 0.3) is 11.2 Å². The summed E-state index contributed by atoms with van der Waals surface area (Å²) in [6, 6.07) is 0. The molecule has 0 atom stereocenters. The van der Waals surface area contributed by atoms with E-state index in [-0.39, 0.29) is 37.0 Å². The van der Waals surface area contributed by atoms with E-state index in [1.807, 2.05) is 0 Å². The third-order valence-corrected chi connectivity index (χ3v) is 2.93. The zero-order valence-electron chi connectivity index (χ0n) is 11.1. The summed E-state index contributed by atoms with van der Waals surface area (Å²) in [5.41, 5.74) is 5.93. The first-order chi connectivity index (χ1) is 9.62. The normalized spacial score (nSPS) is 11.6. The lowest BCUT2D eigenvalue weighted by Crippen LogP contribution is -2.25. The van der Waals surface area contributed by atoms with Gasteiger partial charge in [-0.25, -0.2) is 4.98 Å². The van der Waals surface area contributed by atoms with Gasteiger partial charge in [-0.1, -0.05) is 0 Å². The fourth-order valence-electron chi connectivity index (χ4n) is 1.79. The minimum Gasteiger partial charge on any atom is -0.394 e. The van der Waals surface area contributed by atoms with Gasteiger partial charge in [0.1, 0.15) is 12.8 Å². The molecule has 0 bridgehead atoms. The van der Waals surface area contributed by atoms with E-state index in [1.165, 1.54) is 15.5 Å². The number of fused-ring (bicyclic) bond motifs is 1. The van der Waals surface area contributed by atoms with Crippen molar-refractivity contribution < 1.29 is 14.9 Å². The average molecular weight is 283 g/mol. The molecule has 2 heterocycles. The van der Waals surface area contributed by atoms with Crippen LogP contribution in [-0.4, -0.2) is 48.6 Å². The van der Waals surface area contributed by atoms with E-state index < -0.39 is 6.10 Å². The lowest BCUT2D eigenvalue weighted by Gasteiger charge is -2.13. The van der Waals surface area contributed by atoms with Gasteiger partial charge in [0.15, 0.2) is 11.2 Å². The van der Waals surface area contributed by atoms with Crippen LogP contribution in [0.2, 0.25) is 0 Å². The maximum absolute atomic E-state index is 12.1. The lowest BCUT2D eigenvalue weighted by atomic mass is 10.4. The highest BCUT2D eigenvalue weighted by Crippen LogP contribution is 2.09. The van der Waals surface area contributed by atoms with Gasteiger partial charge in [0.05, 0.1) is 19.5 Å². The maximum atomic E-state index is 12.1. The molecule has 2 rings (SSSR count). The van der Waals surface area contributed by atoms with Crippen LogP contribution in [0.1, 0.15) is 6.92 Å². The zero-order valence-corrected chi connectivity index (χ0v) is 11.1. The third-order valence-electron chi connectivity index (χ3n) is 2.93. The Morgan fingerprint density at radius 3 is 2.75 bits per heavy atom. The zero-order chi connectivity index (χ0) is 14.7.